The first kappa shape index (κ1) is 30.4. The third kappa shape index (κ3) is 4.13. The maximum absolute atomic E-state index is 14.6. The van der Waals surface area contributed by atoms with Gasteiger partial charge in [0.1, 0.15) is 5.75 Å². The van der Waals surface area contributed by atoms with Crippen LogP contribution in [-0.2, 0) is 4.74 Å². The fraction of sp³-hybridized carbons (Fsp3) is 0.667. The lowest BCUT2D eigenvalue weighted by atomic mass is 9.32. The maximum Gasteiger partial charge on any atom is 0.409 e. The van der Waals surface area contributed by atoms with Gasteiger partial charge in [0.05, 0.1) is 32.0 Å². The Balaban J connectivity index is 1.46. The van der Waals surface area contributed by atoms with E-state index >= 15 is 0 Å². The SMILES string of the molecule is CCCN(CC1(O)CCC2C34C=CC5(C=C3C(=O)c3ccc(OC)cc3)CC(O)CCC5(C)C4CCC21C)C(=O)OCC. The Morgan fingerprint density at radius 3 is 2.33 bits per heavy atom. The summed E-state index contributed by atoms with van der Waals surface area (Å²) in [7, 11) is 1.62. The molecule has 1 amide bonds. The summed E-state index contributed by atoms with van der Waals surface area (Å²) in [6.07, 6.45) is 12.3. The van der Waals surface area contributed by atoms with E-state index in [2.05, 4.69) is 32.1 Å². The smallest absolute Gasteiger partial charge is 0.409 e. The number of hydrogen-bond acceptors (Lipinski definition) is 6. The molecule has 2 spiro atoms. The Kier molecular flexibility index (Phi) is 7.40. The number of aliphatic hydroxyl groups excluding tert-OH is 1. The normalized spacial score (nSPS) is 40.6. The van der Waals surface area contributed by atoms with Crippen molar-refractivity contribution in [2.75, 3.05) is 26.8 Å². The first-order valence-corrected chi connectivity index (χ1v) is 16.4. The fourth-order valence-corrected chi connectivity index (χ4v) is 10.5. The minimum atomic E-state index is -1.10. The molecule has 2 N–H and O–H groups in total. The van der Waals surface area contributed by atoms with E-state index in [9.17, 15) is 19.8 Å². The molecule has 234 valence electrons. The van der Waals surface area contributed by atoms with Gasteiger partial charge in [-0.15, -0.1) is 0 Å². The molecule has 8 atom stereocenters. The first-order valence-electron chi connectivity index (χ1n) is 16.4. The number of hydrogen-bond donors (Lipinski definition) is 2. The number of methoxy groups -OCH3 is 1. The number of aliphatic hydroxyl groups is 2. The number of carbonyl (C=O) groups excluding carboxylic acids is 2. The molecular weight excluding hydrogens is 542 g/mol. The monoisotopic (exact) mass is 591 g/mol. The lowest BCUT2D eigenvalue weighted by molar-refractivity contribution is -0.175. The summed E-state index contributed by atoms with van der Waals surface area (Å²) in [6.45, 7) is 9.49. The minimum Gasteiger partial charge on any atom is -0.497 e. The van der Waals surface area contributed by atoms with Crippen molar-refractivity contribution >= 4 is 11.9 Å². The third-order valence-electron chi connectivity index (χ3n) is 12.8. The van der Waals surface area contributed by atoms with Crippen LogP contribution in [0.3, 0.4) is 0 Å². The summed E-state index contributed by atoms with van der Waals surface area (Å²) in [6, 6.07) is 7.37. The van der Waals surface area contributed by atoms with Gasteiger partial charge < -0.3 is 24.6 Å². The predicted octanol–water partition coefficient (Wildman–Crippen LogP) is 6.34. The molecule has 3 saturated carbocycles. The summed E-state index contributed by atoms with van der Waals surface area (Å²) in [5, 5.41) is 23.5. The highest BCUT2D eigenvalue weighted by Crippen LogP contribution is 2.78. The van der Waals surface area contributed by atoms with Crippen LogP contribution in [0.2, 0.25) is 0 Å². The average Bonchev–Trinajstić information content (AvgIpc) is 3.26. The molecule has 3 fully saturated rings. The van der Waals surface area contributed by atoms with Gasteiger partial charge in [0, 0.05) is 33.9 Å². The van der Waals surface area contributed by atoms with Crippen LogP contribution in [0.1, 0.15) is 89.4 Å². The first-order chi connectivity index (χ1) is 20.4. The van der Waals surface area contributed by atoms with Crippen molar-refractivity contribution in [3.05, 3.63) is 53.6 Å². The molecule has 43 heavy (non-hydrogen) atoms. The van der Waals surface area contributed by atoms with Gasteiger partial charge in [0.25, 0.3) is 0 Å². The topological polar surface area (TPSA) is 96.3 Å². The molecule has 6 aliphatic rings. The molecule has 7 rings (SSSR count). The number of carbonyl (C=O) groups is 2. The molecule has 8 unspecified atom stereocenters. The van der Waals surface area contributed by atoms with Crippen LogP contribution in [0, 0.1) is 33.5 Å². The number of amides is 1. The minimum absolute atomic E-state index is 0.0253. The van der Waals surface area contributed by atoms with Crippen LogP contribution in [0.4, 0.5) is 4.79 Å². The number of allylic oxidation sites excluding steroid dienone is 4. The average molecular weight is 592 g/mol. The fourth-order valence-electron chi connectivity index (χ4n) is 10.5. The Morgan fingerprint density at radius 1 is 0.977 bits per heavy atom. The second-order valence-electron chi connectivity index (χ2n) is 14.5. The van der Waals surface area contributed by atoms with Crippen LogP contribution < -0.4 is 4.74 Å². The third-order valence-corrected chi connectivity index (χ3v) is 12.8. The highest BCUT2D eigenvalue weighted by Gasteiger charge is 2.74. The van der Waals surface area contributed by atoms with Crippen LogP contribution in [0.15, 0.2) is 48.1 Å². The molecular formula is C36H49NO6. The van der Waals surface area contributed by atoms with E-state index < -0.39 is 22.5 Å². The summed E-state index contributed by atoms with van der Waals surface area (Å²) in [5.41, 5.74) is -1.15. The number of benzene rings is 1. The lowest BCUT2D eigenvalue weighted by Crippen LogP contribution is -2.67. The zero-order valence-corrected chi connectivity index (χ0v) is 26.5. The summed E-state index contributed by atoms with van der Waals surface area (Å²) >= 11 is 0. The van der Waals surface area contributed by atoms with Crippen LogP contribution in [0.5, 0.6) is 5.75 Å². The molecule has 1 aromatic rings. The van der Waals surface area contributed by atoms with Crippen molar-refractivity contribution in [3.8, 4) is 5.75 Å². The summed E-state index contributed by atoms with van der Waals surface area (Å²) in [5.74, 6) is 0.980. The van der Waals surface area contributed by atoms with Crippen molar-refractivity contribution in [3.63, 3.8) is 0 Å². The van der Waals surface area contributed by atoms with Gasteiger partial charge in [-0.2, -0.15) is 0 Å². The van der Waals surface area contributed by atoms with Crippen molar-refractivity contribution in [2.45, 2.75) is 90.8 Å². The number of nitrogens with zero attached hydrogens (tertiary/aromatic N) is 1. The Hall–Kier alpha value is -2.64. The quantitative estimate of drug-likeness (QED) is 0.271. The van der Waals surface area contributed by atoms with Gasteiger partial charge in [0.2, 0.25) is 0 Å². The number of rotatable bonds is 8. The molecule has 7 nitrogen and oxygen atoms in total. The van der Waals surface area contributed by atoms with Gasteiger partial charge >= 0.3 is 6.09 Å². The number of Topliss-reactive ketones (excluding diaryl/α,β-unsaturated/α-hetero) is 1. The molecule has 0 saturated heterocycles. The Bertz CT molecular complexity index is 1340. The van der Waals surface area contributed by atoms with Gasteiger partial charge in [-0.05, 0) is 99.8 Å². The zero-order valence-electron chi connectivity index (χ0n) is 26.5. The molecule has 1 aromatic carbocycles. The second kappa shape index (κ2) is 10.5. The van der Waals surface area contributed by atoms with E-state index in [1.807, 2.05) is 31.2 Å². The summed E-state index contributed by atoms with van der Waals surface area (Å²) in [4.78, 5) is 29.3. The van der Waals surface area contributed by atoms with E-state index in [4.69, 9.17) is 9.47 Å². The highest BCUT2D eigenvalue weighted by molar-refractivity contribution is 6.10. The standard InChI is InChI=1S/C36H49NO6/c1-6-20-37(31(40)43-7-2)23-35(41)17-14-29-33(35,4)16-13-28-32(3)15-12-25(38)21-34(32)18-19-36(28,29)27(22-34)30(39)24-8-10-26(42-5)11-9-24/h8-11,18-19,22,25,28-29,38,41H,6-7,12-17,20-21,23H2,1-5H3. The lowest BCUT2D eigenvalue weighted by Gasteiger charge is -2.71. The largest absolute Gasteiger partial charge is 0.497 e. The van der Waals surface area contributed by atoms with Gasteiger partial charge in [-0.1, -0.05) is 39.0 Å². The van der Waals surface area contributed by atoms with E-state index in [0.717, 1.165) is 44.1 Å². The van der Waals surface area contributed by atoms with Crippen molar-refractivity contribution in [2.24, 2.45) is 33.5 Å². The van der Waals surface area contributed by atoms with Gasteiger partial charge in [-0.3, -0.25) is 4.79 Å². The van der Waals surface area contributed by atoms with Gasteiger partial charge in [-0.25, -0.2) is 4.79 Å². The molecule has 0 radical (unpaired) electrons. The van der Waals surface area contributed by atoms with Crippen LogP contribution >= 0.6 is 0 Å². The van der Waals surface area contributed by atoms with Crippen LogP contribution in [0.25, 0.3) is 0 Å². The molecule has 2 bridgehead atoms. The molecule has 0 heterocycles. The van der Waals surface area contributed by atoms with E-state index in [1.165, 1.54) is 0 Å². The van der Waals surface area contributed by atoms with Crippen molar-refractivity contribution in [1.29, 1.82) is 0 Å². The predicted molar refractivity (Wildman–Crippen MR) is 165 cm³/mol. The maximum atomic E-state index is 14.6. The number of ketones is 1. The Morgan fingerprint density at radius 2 is 1.65 bits per heavy atom. The molecule has 7 heteroatoms. The van der Waals surface area contributed by atoms with E-state index in [0.29, 0.717) is 37.3 Å². The van der Waals surface area contributed by atoms with Gasteiger partial charge in [0.15, 0.2) is 5.78 Å². The van der Waals surface area contributed by atoms with Crippen molar-refractivity contribution < 1.29 is 29.3 Å². The molecule has 0 aliphatic heterocycles. The molecule has 6 aliphatic carbocycles. The highest BCUT2D eigenvalue weighted by atomic mass is 16.6. The number of ether oxygens (including phenoxy) is 2. The van der Waals surface area contributed by atoms with E-state index in [1.54, 1.807) is 18.9 Å². The second-order valence-corrected chi connectivity index (χ2v) is 14.5. The summed E-state index contributed by atoms with van der Waals surface area (Å²) < 4.78 is 10.8. The zero-order chi connectivity index (χ0) is 30.8. The number of fused-ring (bicyclic) bond motifs is 1. The van der Waals surface area contributed by atoms with Crippen LogP contribution in [-0.4, -0.2) is 65.5 Å². The Labute approximate surface area is 256 Å². The van der Waals surface area contributed by atoms with E-state index in [-0.39, 0.29) is 41.1 Å². The van der Waals surface area contributed by atoms with Crippen molar-refractivity contribution in [1.82, 2.24) is 4.90 Å². The molecule has 0 aromatic heterocycles.